The van der Waals surface area contributed by atoms with Crippen LogP contribution in [0.4, 0.5) is 0 Å². The van der Waals surface area contributed by atoms with Gasteiger partial charge >= 0.3 is 41.5 Å². The van der Waals surface area contributed by atoms with Gasteiger partial charge in [0.1, 0.15) is 0 Å². The number of thiophene rings is 4. The van der Waals surface area contributed by atoms with Crippen molar-refractivity contribution in [2.45, 2.75) is 53.0 Å². The van der Waals surface area contributed by atoms with Crippen molar-refractivity contribution >= 4 is 217 Å². The second-order valence-electron chi connectivity index (χ2n) is 9.24. The Labute approximate surface area is 384 Å². The maximum Gasteiger partial charge on any atom is 0.0315 e. The van der Waals surface area contributed by atoms with Crippen LogP contribution < -0.4 is 0 Å². The van der Waals surface area contributed by atoms with Crippen LogP contribution in [0.5, 0.6) is 0 Å². The molecule has 2 aliphatic rings. The monoisotopic (exact) mass is 1070 g/mol. The molecule has 0 aromatic carbocycles. The Morgan fingerprint density at radius 2 is 0.960 bits per heavy atom. The van der Waals surface area contributed by atoms with Gasteiger partial charge in [0, 0.05) is 114 Å². The van der Waals surface area contributed by atoms with Gasteiger partial charge in [-0.15, -0.1) is 117 Å². The smallest absolute Gasteiger partial charge is 0.0315 e. The van der Waals surface area contributed by atoms with Gasteiger partial charge in [0.2, 0.25) is 0 Å². The molecular formula is C30H38Cl3FeS16. The first kappa shape index (κ1) is 48.8. The molecule has 0 saturated heterocycles. The third kappa shape index (κ3) is 16.9. The van der Waals surface area contributed by atoms with E-state index in [-0.39, 0.29) is 0 Å². The summed E-state index contributed by atoms with van der Waals surface area (Å²) in [4.78, 5) is 18.1. The van der Waals surface area contributed by atoms with Crippen LogP contribution in [0.25, 0.3) is 9.75 Å². The van der Waals surface area contributed by atoms with E-state index in [0.29, 0.717) is 0 Å². The molecule has 2 aliphatic heterocycles. The molecule has 6 rings (SSSR count). The van der Waals surface area contributed by atoms with Crippen LogP contribution >= 0.6 is 217 Å². The molecule has 0 spiro atoms. The van der Waals surface area contributed by atoms with Crippen LogP contribution in [0.3, 0.4) is 0 Å². The van der Waals surface area contributed by atoms with Gasteiger partial charge in [-0.25, -0.2) is 0 Å². The average Bonchev–Trinajstić information content (AvgIpc) is 3.91. The Balaban J connectivity index is 0.000000216. The molecule has 0 fully saturated rings. The summed E-state index contributed by atoms with van der Waals surface area (Å²) in [6.07, 6.45) is 8.68. The summed E-state index contributed by atoms with van der Waals surface area (Å²) in [6, 6.07) is 0. The fourth-order valence-corrected chi connectivity index (χ4v) is 20.9. The van der Waals surface area contributed by atoms with E-state index in [2.05, 4.69) is 83.9 Å². The van der Waals surface area contributed by atoms with Crippen molar-refractivity contribution in [2.24, 2.45) is 0 Å². The molecule has 0 N–H and O–H groups in total. The summed E-state index contributed by atoms with van der Waals surface area (Å²) in [7, 11) is 14.7. The first-order chi connectivity index (χ1) is 24.2. The third-order valence-electron chi connectivity index (χ3n) is 5.85. The molecule has 0 saturated carbocycles. The predicted molar refractivity (Wildman–Crippen MR) is 263 cm³/mol. The average molecular weight is 1070 g/mol. The third-order valence-corrected chi connectivity index (χ3v) is 24.7. The molecule has 0 atom stereocenters. The summed E-state index contributed by atoms with van der Waals surface area (Å²) in [6.45, 7) is 4.60. The number of hydrogen-bond acceptors (Lipinski definition) is 16. The summed E-state index contributed by atoms with van der Waals surface area (Å²) >= 11 is 30.0. The maximum absolute atomic E-state index is 4.89. The molecule has 6 heterocycles. The number of rotatable bonds is 13. The van der Waals surface area contributed by atoms with Crippen LogP contribution in [0, 0.1) is 13.8 Å². The fourth-order valence-electron chi connectivity index (χ4n) is 3.95. The molecule has 0 radical (unpaired) electrons. The van der Waals surface area contributed by atoms with Crippen molar-refractivity contribution in [3.05, 3.63) is 31.3 Å². The van der Waals surface area contributed by atoms with E-state index in [1.807, 2.05) is 152 Å². The van der Waals surface area contributed by atoms with Crippen LogP contribution in [0.1, 0.15) is 9.75 Å². The summed E-state index contributed by atoms with van der Waals surface area (Å²) in [5, 5.41) is 13.6. The Morgan fingerprint density at radius 1 is 0.540 bits per heavy atom. The second kappa shape index (κ2) is 28.8. The molecule has 0 amide bonds. The van der Waals surface area contributed by atoms with Gasteiger partial charge in [0.05, 0.1) is 9.75 Å². The maximum atomic E-state index is 4.89. The van der Waals surface area contributed by atoms with Crippen molar-refractivity contribution in [3.63, 3.8) is 0 Å². The Hall–Kier alpha value is 4.39. The SMILES string of the molecule is CSCSc1c(C)sc(-c2sc(C)c3c2SCCS3)c1SCSC.CSCSc1cscc1SCSC.[Cl][Fe]([Cl])[Cl].c1scc2c1SCCS2. The van der Waals surface area contributed by atoms with E-state index in [1.165, 1.54) is 71.9 Å². The number of hydrogen-bond donors (Lipinski definition) is 0. The van der Waals surface area contributed by atoms with E-state index in [4.69, 9.17) is 30.3 Å². The van der Waals surface area contributed by atoms with Crippen LogP contribution in [-0.2, 0) is 11.2 Å². The minimum atomic E-state index is -1.33. The minimum Gasteiger partial charge on any atom is -0.150 e. The van der Waals surface area contributed by atoms with E-state index >= 15 is 0 Å². The van der Waals surface area contributed by atoms with Crippen LogP contribution in [-0.4, -0.2) is 68.4 Å². The van der Waals surface area contributed by atoms with Crippen molar-refractivity contribution < 1.29 is 11.2 Å². The van der Waals surface area contributed by atoms with Gasteiger partial charge in [-0.2, -0.15) is 69.7 Å². The first-order valence-corrected chi connectivity index (χ1v) is 35.8. The first-order valence-electron chi connectivity index (χ1n) is 14.3. The molecule has 283 valence electrons. The van der Waals surface area contributed by atoms with Gasteiger partial charge < -0.3 is 0 Å². The van der Waals surface area contributed by atoms with E-state index in [0.717, 1.165) is 20.3 Å². The quantitative estimate of drug-likeness (QED) is 0.0711. The van der Waals surface area contributed by atoms with Crippen LogP contribution in [0.2, 0.25) is 0 Å². The Kier molecular flexibility index (Phi) is 28.0. The largest absolute Gasteiger partial charge is 0.150 e. The predicted octanol–water partition coefficient (Wildman–Crippen LogP) is 17.7. The summed E-state index contributed by atoms with van der Waals surface area (Å²) in [5.41, 5.74) is 0. The molecule has 4 aromatic heterocycles. The standard InChI is InChI=1S/C16H20S8.C8H12S5.C6H6S3.3ClH.Fe/c1-9-11-13(20-6-5-19-11)15(23-9)16-14(22-8-18-4)12(10(2)24-16)21-7-17-3;1-9-5-12-7-3-11-4-8(7)13-6-10-2;1-2-9-6-4-7-3-5(6)8-1;;;;/h5-8H2,1-4H3;3-4H,5-6H2,1-2H3;3-4H,1-2H2;3*1H;/q;;;;;;+3/p-3. The number of aryl methyl sites for hydroxylation is 2. The Bertz CT molecular complexity index is 1470. The Morgan fingerprint density at radius 3 is 1.48 bits per heavy atom. The van der Waals surface area contributed by atoms with Gasteiger partial charge in [-0.3, -0.25) is 0 Å². The summed E-state index contributed by atoms with van der Waals surface area (Å²) < 4.78 is 0. The zero-order valence-corrected chi connectivity index (χ0v) is 44.4. The molecule has 0 unspecified atom stereocenters. The van der Waals surface area contributed by atoms with E-state index in [9.17, 15) is 0 Å². The minimum absolute atomic E-state index is 1.13. The topological polar surface area (TPSA) is 0 Å². The van der Waals surface area contributed by atoms with E-state index in [1.54, 1.807) is 21.1 Å². The zero-order valence-electron chi connectivity index (χ0n) is 28.0. The molecule has 0 bridgehead atoms. The molecule has 20 heteroatoms. The normalized spacial score (nSPS) is 13.6. The van der Waals surface area contributed by atoms with Crippen molar-refractivity contribution in [1.29, 1.82) is 0 Å². The van der Waals surface area contributed by atoms with Crippen molar-refractivity contribution in [3.8, 4) is 9.75 Å². The zero-order chi connectivity index (χ0) is 36.3. The van der Waals surface area contributed by atoms with Gasteiger partial charge in [0.15, 0.2) is 0 Å². The molecule has 0 aliphatic carbocycles. The van der Waals surface area contributed by atoms with Crippen molar-refractivity contribution in [1.82, 2.24) is 0 Å². The van der Waals surface area contributed by atoms with Gasteiger partial charge in [-0.1, -0.05) is 0 Å². The van der Waals surface area contributed by atoms with Gasteiger partial charge in [0.25, 0.3) is 0 Å². The number of fused-ring (bicyclic) bond motifs is 2. The number of halogens is 3. The second-order valence-corrected chi connectivity index (χ2v) is 32.1. The fraction of sp³-hybridized carbons (Fsp3) is 0.467. The van der Waals surface area contributed by atoms with Crippen molar-refractivity contribution in [2.75, 3.05) is 68.4 Å². The van der Waals surface area contributed by atoms with Gasteiger partial charge in [-0.05, 0) is 38.9 Å². The molecule has 4 aromatic rings. The van der Waals surface area contributed by atoms with Crippen LogP contribution in [0.15, 0.2) is 60.7 Å². The molecule has 50 heavy (non-hydrogen) atoms. The molecular weight excluding hydrogens is 1040 g/mol. The molecule has 0 nitrogen and oxygen atoms in total. The number of thioether (sulfide) groups is 12. The summed E-state index contributed by atoms with van der Waals surface area (Å²) in [5.74, 6) is 5.07. The van der Waals surface area contributed by atoms with E-state index < -0.39 is 11.2 Å².